The molecule has 0 spiro atoms. The molecular formula is C14H16BrN3O6S2. The van der Waals surface area contributed by atoms with Crippen LogP contribution >= 0.6 is 27.7 Å². The highest BCUT2D eigenvalue weighted by Crippen LogP contribution is 2.45. The van der Waals surface area contributed by atoms with Gasteiger partial charge in [0.05, 0.1) is 17.8 Å². The van der Waals surface area contributed by atoms with E-state index in [1.165, 1.54) is 26.0 Å². The van der Waals surface area contributed by atoms with Crippen LogP contribution in [-0.4, -0.2) is 43.8 Å². The topological polar surface area (TPSA) is 114 Å². The molecule has 0 fully saturated rings. The predicted octanol–water partition coefficient (Wildman–Crippen LogP) is 1.80. The second kappa shape index (κ2) is 7.84. The fraction of sp³-hybridized carbons (Fsp3) is 0.357. The average Bonchev–Trinajstić information content (AvgIpc) is 2.91. The number of amidine groups is 1. The fourth-order valence-electron chi connectivity index (χ4n) is 2.09. The van der Waals surface area contributed by atoms with Crippen LogP contribution in [0.2, 0.25) is 0 Å². The van der Waals surface area contributed by atoms with Crippen LogP contribution in [-0.2, 0) is 19.7 Å². The maximum Gasteiger partial charge on any atom is 0.306 e. The lowest BCUT2D eigenvalue weighted by molar-refractivity contribution is -0.129. The largest absolute Gasteiger partial charge is 0.493 e. The summed E-state index contributed by atoms with van der Waals surface area (Å²) in [4.78, 5) is 23.1. The van der Waals surface area contributed by atoms with Gasteiger partial charge >= 0.3 is 10.1 Å². The molecule has 0 aromatic heterocycles. The fourth-order valence-corrected chi connectivity index (χ4v) is 4.33. The number of carbonyl (C=O) groups excluding carboxylic acids is 2. The van der Waals surface area contributed by atoms with E-state index < -0.39 is 15.5 Å². The lowest BCUT2D eigenvalue weighted by Crippen LogP contribution is -2.25. The molecule has 142 valence electrons. The van der Waals surface area contributed by atoms with Crippen molar-refractivity contribution >= 4 is 54.8 Å². The zero-order valence-corrected chi connectivity index (χ0v) is 17.5. The highest BCUT2D eigenvalue weighted by molar-refractivity contribution is 9.10. The Morgan fingerprint density at radius 3 is 2.50 bits per heavy atom. The third kappa shape index (κ3) is 4.89. The zero-order valence-electron chi connectivity index (χ0n) is 14.3. The molecule has 1 heterocycles. The van der Waals surface area contributed by atoms with Crippen LogP contribution < -0.4 is 14.2 Å². The van der Waals surface area contributed by atoms with Gasteiger partial charge in [-0.25, -0.2) is 5.01 Å². The number of hydrazone groups is 1. The summed E-state index contributed by atoms with van der Waals surface area (Å²) in [5.41, 5.74) is 0.596. The number of nitrogens with one attached hydrogen (secondary N) is 1. The molecule has 26 heavy (non-hydrogen) atoms. The number of hydrogen-bond donors (Lipinski definition) is 1. The monoisotopic (exact) mass is 465 g/mol. The summed E-state index contributed by atoms with van der Waals surface area (Å²) in [6.07, 6.45) is 0.921. The average molecular weight is 466 g/mol. The van der Waals surface area contributed by atoms with Gasteiger partial charge in [-0.05, 0) is 33.6 Å². The van der Waals surface area contributed by atoms with Gasteiger partial charge in [0, 0.05) is 13.8 Å². The molecule has 0 radical (unpaired) electrons. The minimum atomic E-state index is -3.76. The Labute approximate surface area is 163 Å². The van der Waals surface area contributed by atoms with Crippen LogP contribution in [0, 0.1) is 0 Å². The number of methoxy groups -OCH3 is 1. The molecule has 1 atom stereocenters. The van der Waals surface area contributed by atoms with Crippen LogP contribution in [0.5, 0.6) is 11.5 Å². The lowest BCUT2D eigenvalue weighted by Gasteiger charge is -2.21. The van der Waals surface area contributed by atoms with E-state index >= 15 is 0 Å². The minimum absolute atomic E-state index is 0.000810. The number of benzene rings is 1. The summed E-state index contributed by atoms with van der Waals surface area (Å²) in [6.45, 7) is 2.69. The van der Waals surface area contributed by atoms with Crippen molar-refractivity contribution in [2.45, 2.75) is 19.2 Å². The smallest absolute Gasteiger partial charge is 0.306 e. The highest BCUT2D eigenvalue weighted by Gasteiger charge is 2.33. The van der Waals surface area contributed by atoms with Gasteiger partial charge in [0.15, 0.2) is 16.7 Å². The molecule has 1 aromatic rings. The van der Waals surface area contributed by atoms with Gasteiger partial charge in [-0.15, -0.1) is 5.10 Å². The van der Waals surface area contributed by atoms with E-state index in [0.717, 1.165) is 18.0 Å². The van der Waals surface area contributed by atoms with E-state index in [0.29, 0.717) is 10.0 Å². The Morgan fingerprint density at radius 2 is 2.00 bits per heavy atom. The van der Waals surface area contributed by atoms with Gasteiger partial charge in [0.2, 0.25) is 11.8 Å². The number of thioether (sulfide) groups is 1. The van der Waals surface area contributed by atoms with Crippen molar-refractivity contribution in [1.29, 1.82) is 0 Å². The molecule has 1 aromatic carbocycles. The van der Waals surface area contributed by atoms with Crippen molar-refractivity contribution in [3.05, 3.63) is 22.2 Å². The van der Waals surface area contributed by atoms with E-state index in [9.17, 15) is 18.0 Å². The van der Waals surface area contributed by atoms with E-state index in [1.54, 1.807) is 12.1 Å². The second-order valence-electron chi connectivity index (χ2n) is 5.24. The maximum absolute atomic E-state index is 11.9. The number of hydrogen-bond acceptors (Lipinski definition) is 8. The van der Waals surface area contributed by atoms with Crippen molar-refractivity contribution < 1.29 is 26.9 Å². The number of nitrogens with zero attached hydrogens (tertiary/aromatic N) is 2. The number of amides is 2. The Morgan fingerprint density at radius 1 is 1.35 bits per heavy atom. The van der Waals surface area contributed by atoms with Crippen LogP contribution in [0.1, 0.15) is 24.8 Å². The summed E-state index contributed by atoms with van der Waals surface area (Å²) in [5, 5.41) is 7.58. The molecule has 1 N–H and O–H groups in total. The van der Waals surface area contributed by atoms with Crippen molar-refractivity contribution in [3.8, 4) is 11.5 Å². The van der Waals surface area contributed by atoms with Crippen molar-refractivity contribution in [1.82, 2.24) is 10.3 Å². The first-order chi connectivity index (χ1) is 12.0. The molecule has 0 saturated heterocycles. The van der Waals surface area contributed by atoms with Crippen LogP contribution in [0.15, 0.2) is 21.7 Å². The molecule has 9 nitrogen and oxygen atoms in total. The first-order valence-electron chi connectivity index (χ1n) is 7.11. The zero-order chi connectivity index (χ0) is 19.6. The quantitative estimate of drug-likeness (QED) is 0.673. The third-order valence-corrected chi connectivity index (χ3v) is 5.18. The molecule has 12 heteroatoms. The summed E-state index contributed by atoms with van der Waals surface area (Å²) in [5.74, 6) is -0.471. The summed E-state index contributed by atoms with van der Waals surface area (Å²) in [6, 6.07) is 3.15. The van der Waals surface area contributed by atoms with Gasteiger partial charge in [-0.1, -0.05) is 11.8 Å². The van der Waals surface area contributed by atoms with E-state index in [4.69, 9.17) is 8.92 Å². The van der Waals surface area contributed by atoms with Gasteiger partial charge in [0.1, 0.15) is 5.37 Å². The normalized spacial score (nSPS) is 16.9. The minimum Gasteiger partial charge on any atom is -0.493 e. The molecule has 1 aliphatic rings. The van der Waals surface area contributed by atoms with Crippen LogP contribution in [0.25, 0.3) is 0 Å². The first-order valence-corrected chi connectivity index (χ1v) is 10.6. The number of ether oxygens (including phenoxy) is 1. The third-order valence-electron chi connectivity index (χ3n) is 3.02. The lowest BCUT2D eigenvalue weighted by atomic mass is 10.2. The molecule has 2 amide bonds. The maximum atomic E-state index is 11.9. The Bertz CT molecular complexity index is 887. The Kier molecular flexibility index (Phi) is 6.19. The highest BCUT2D eigenvalue weighted by atomic mass is 79.9. The van der Waals surface area contributed by atoms with E-state index in [2.05, 4.69) is 26.3 Å². The molecule has 0 aliphatic carbocycles. The van der Waals surface area contributed by atoms with Crippen molar-refractivity contribution in [2.75, 3.05) is 13.4 Å². The predicted molar refractivity (Wildman–Crippen MR) is 100 cm³/mol. The van der Waals surface area contributed by atoms with Gasteiger partial charge in [0.25, 0.3) is 0 Å². The van der Waals surface area contributed by atoms with Crippen molar-refractivity contribution in [2.24, 2.45) is 5.10 Å². The second-order valence-corrected chi connectivity index (χ2v) is 8.74. The SMILES string of the molecule is COc1cc([C@@H]2SC(NC(C)=O)=NN2C(C)=O)cc(Br)c1OS(C)(=O)=O. The molecule has 0 bridgehead atoms. The van der Waals surface area contributed by atoms with Gasteiger partial charge in [-0.3, -0.25) is 9.59 Å². The molecule has 0 saturated carbocycles. The molecule has 2 rings (SSSR count). The van der Waals surface area contributed by atoms with Gasteiger partial charge < -0.3 is 14.2 Å². The van der Waals surface area contributed by atoms with Gasteiger partial charge in [-0.2, -0.15) is 8.42 Å². The Hall–Kier alpha value is -1.79. The number of halogens is 1. The number of carbonyl (C=O) groups is 2. The van der Waals surface area contributed by atoms with Crippen LogP contribution in [0.3, 0.4) is 0 Å². The van der Waals surface area contributed by atoms with Crippen molar-refractivity contribution in [3.63, 3.8) is 0 Å². The van der Waals surface area contributed by atoms with Crippen LogP contribution in [0.4, 0.5) is 0 Å². The molecular weight excluding hydrogens is 450 g/mol. The first kappa shape index (κ1) is 20.5. The van der Waals surface area contributed by atoms with E-state index in [1.807, 2.05) is 0 Å². The number of rotatable bonds is 4. The standard InChI is InChI=1S/C14H16BrN3O6S2/c1-7(19)16-14-17-18(8(2)20)13(25-14)9-5-10(15)12(11(6-9)23-3)24-26(4,21)22/h5-6,13H,1-4H3,(H,16,17,19)/t13-/m0/s1. The Balaban J connectivity index is 2.43. The molecule has 0 unspecified atom stereocenters. The van der Waals surface area contributed by atoms with E-state index in [-0.39, 0.29) is 28.5 Å². The summed E-state index contributed by atoms with van der Waals surface area (Å²) in [7, 11) is -2.39. The summed E-state index contributed by atoms with van der Waals surface area (Å²) < 4.78 is 33.4. The molecule has 1 aliphatic heterocycles. The summed E-state index contributed by atoms with van der Waals surface area (Å²) >= 11 is 4.42.